The van der Waals surface area contributed by atoms with Crippen LogP contribution in [0.5, 0.6) is 6.01 Å². The van der Waals surface area contributed by atoms with E-state index in [1.54, 1.807) is 6.20 Å². The van der Waals surface area contributed by atoms with Crippen LogP contribution in [0.25, 0.3) is 22.6 Å². The molecule has 0 spiro atoms. The zero-order chi connectivity index (χ0) is 22.9. The maximum absolute atomic E-state index is 14.0. The van der Waals surface area contributed by atoms with Crippen molar-refractivity contribution in [3.8, 4) is 17.4 Å². The molecule has 0 N–H and O–H groups in total. The van der Waals surface area contributed by atoms with Crippen LogP contribution in [0, 0.1) is 12.7 Å². The van der Waals surface area contributed by atoms with E-state index in [1.807, 2.05) is 18.4 Å². The highest BCUT2D eigenvalue weighted by atomic mass is 19.1. The summed E-state index contributed by atoms with van der Waals surface area (Å²) >= 11 is 0. The van der Waals surface area contributed by atoms with Crippen molar-refractivity contribution >= 4 is 11.2 Å². The van der Waals surface area contributed by atoms with Crippen LogP contribution in [0.4, 0.5) is 4.39 Å². The minimum Gasteiger partial charge on any atom is -0.464 e. The van der Waals surface area contributed by atoms with Crippen LogP contribution in [0.1, 0.15) is 42.6 Å². The first-order valence-corrected chi connectivity index (χ1v) is 11.3. The molecule has 1 atom stereocenters. The van der Waals surface area contributed by atoms with Gasteiger partial charge in [0.2, 0.25) is 0 Å². The molecule has 1 aromatic carbocycles. The van der Waals surface area contributed by atoms with Crippen molar-refractivity contribution in [1.29, 1.82) is 0 Å². The average molecular weight is 447 g/mol. The lowest BCUT2D eigenvalue weighted by Gasteiger charge is -2.20. The molecule has 1 unspecified atom stereocenters. The van der Waals surface area contributed by atoms with Crippen LogP contribution in [0.3, 0.4) is 0 Å². The van der Waals surface area contributed by atoms with E-state index in [1.165, 1.54) is 30.7 Å². The second kappa shape index (κ2) is 8.86. The number of benzene rings is 1. The molecule has 3 aromatic heterocycles. The summed E-state index contributed by atoms with van der Waals surface area (Å²) in [6, 6.07) is 10.9. The molecule has 33 heavy (non-hydrogen) atoms. The van der Waals surface area contributed by atoms with Gasteiger partial charge in [-0.3, -0.25) is 9.88 Å². The van der Waals surface area contributed by atoms with Gasteiger partial charge in [0.15, 0.2) is 5.65 Å². The molecule has 0 bridgehead atoms. The number of nitrogens with zero attached hydrogens (tertiary/aromatic N) is 6. The minimum absolute atomic E-state index is 0.312. The summed E-state index contributed by atoms with van der Waals surface area (Å²) in [6.07, 6.45) is 5.23. The maximum Gasteiger partial charge on any atom is 0.318 e. The lowest BCUT2D eigenvalue weighted by molar-refractivity contribution is 0.313. The summed E-state index contributed by atoms with van der Waals surface area (Å²) < 4.78 is 21.5. The molecule has 7 nitrogen and oxygen atoms in total. The lowest BCUT2D eigenvalue weighted by Crippen LogP contribution is -2.17. The molecule has 4 aromatic rings. The predicted octanol–water partition coefficient (Wildman–Crippen LogP) is 4.55. The standard InChI is InChI=1S/C25H27FN6O/c1-4-33-25-28-16(2)22-24(30-25)32(23(29-22)19-12-20(26)14-27-13-19)15-17-7-9-18(10-8-17)21-6-5-11-31(21)3/h7-10,12-14,21H,4-6,11,15H2,1-3H3. The Bertz CT molecular complexity index is 1290. The van der Waals surface area contributed by atoms with E-state index in [4.69, 9.17) is 9.72 Å². The van der Waals surface area contributed by atoms with Crippen LogP contribution < -0.4 is 4.74 Å². The van der Waals surface area contributed by atoms with E-state index in [0.717, 1.165) is 12.1 Å². The molecule has 1 aliphatic heterocycles. The van der Waals surface area contributed by atoms with Crippen LogP contribution in [0.15, 0.2) is 42.7 Å². The van der Waals surface area contributed by atoms with Crippen LogP contribution in [-0.2, 0) is 6.54 Å². The van der Waals surface area contributed by atoms with Gasteiger partial charge < -0.3 is 9.30 Å². The summed E-state index contributed by atoms with van der Waals surface area (Å²) in [5, 5.41) is 0. The highest BCUT2D eigenvalue weighted by molar-refractivity contribution is 5.79. The number of hydrogen-bond acceptors (Lipinski definition) is 6. The summed E-state index contributed by atoms with van der Waals surface area (Å²) in [4.78, 5) is 20.3. The van der Waals surface area contributed by atoms with E-state index < -0.39 is 5.82 Å². The van der Waals surface area contributed by atoms with E-state index in [0.29, 0.717) is 53.4 Å². The molecule has 1 saturated heterocycles. The third kappa shape index (κ3) is 4.18. The van der Waals surface area contributed by atoms with Gasteiger partial charge in [-0.05, 0) is 57.5 Å². The first kappa shape index (κ1) is 21.5. The molecule has 0 aliphatic carbocycles. The van der Waals surface area contributed by atoms with Crippen molar-refractivity contribution in [1.82, 2.24) is 29.4 Å². The van der Waals surface area contributed by atoms with Crippen molar-refractivity contribution in [3.63, 3.8) is 0 Å². The number of likely N-dealkylation sites (tertiary alicyclic amines) is 1. The van der Waals surface area contributed by atoms with Crippen molar-refractivity contribution < 1.29 is 9.13 Å². The van der Waals surface area contributed by atoms with Gasteiger partial charge in [0.1, 0.15) is 17.2 Å². The number of rotatable bonds is 6. The van der Waals surface area contributed by atoms with E-state index >= 15 is 0 Å². The first-order chi connectivity index (χ1) is 16.0. The third-order valence-corrected chi connectivity index (χ3v) is 6.21. The number of aromatic nitrogens is 5. The quantitative estimate of drug-likeness (QED) is 0.433. The van der Waals surface area contributed by atoms with Crippen molar-refractivity contribution in [2.45, 2.75) is 39.3 Å². The van der Waals surface area contributed by atoms with Gasteiger partial charge in [0.25, 0.3) is 0 Å². The van der Waals surface area contributed by atoms with E-state index in [9.17, 15) is 4.39 Å². The van der Waals surface area contributed by atoms with E-state index in [-0.39, 0.29) is 0 Å². The zero-order valence-corrected chi connectivity index (χ0v) is 19.1. The van der Waals surface area contributed by atoms with Crippen LogP contribution >= 0.6 is 0 Å². The minimum atomic E-state index is -0.408. The van der Waals surface area contributed by atoms with Crippen LogP contribution in [-0.4, -0.2) is 49.6 Å². The largest absolute Gasteiger partial charge is 0.464 e. The zero-order valence-electron chi connectivity index (χ0n) is 19.1. The van der Waals surface area contributed by atoms with Gasteiger partial charge in [-0.1, -0.05) is 24.3 Å². The SMILES string of the molecule is CCOc1nc(C)c2nc(-c3cncc(F)c3)n(Cc3ccc(C4CCCN4C)cc3)c2n1. The lowest BCUT2D eigenvalue weighted by atomic mass is 10.0. The Balaban J connectivity index is 1.58. The Morgan fingerprint density at radius 2 is 1.94 bits per heavy atom. The van der Waals surface area contributed by atoms with Crippen molar-refractivity contribution in [2.24, 2.45) is 0 Å². The van der Waals surface area contributed by atoms with Gasteiger partial charge in [-0.2, -0.15) is 9.97 Å². The van der Waals surface area contributed by atoms with Gasteiger partial charge in [0.05, 0.1) is 25.0 Å². The highest BCUT2D eigenvalue weighted by Gasteiger charge is 2.23. The molecule has 1 aliphatic rings. The topological polar surface area (TPSA) is 69.0 Å². The van der Waals surface area contributed by atoms with Crippen molar-refractivity contribution in [2.75, 3.05) is 20.2 Å². The number of pyridine rings is 1. The fourth-order valence-electron chi connectivity index (χ4n) is 4.57. The molecule has 0 radical (unpaired) electrons. The summed E-state index contributed by atoms with van der Waals surface area (Å²) in [5.41, 5.74) is 5.08. The fourth-order valence-corrected chi connectivity index (χ4v) is 4.57. The van der Waals surface area contributed by atoms with Gasteiger partial charge in [-0.25, -0.2) is 9.37 Å². The molecular formula is C25H27FN6O. The second-order valence-corrected chi connectivity index (χ2v) is 8.49. The molecule has 4 heterocycles. The maximum atomic E-state index is 14.0. The third-order valence-electron chi connectivity index (χ3n) is 6.21. The summed E-state index contributed by atoms with van der Waals surface area (Å²) in [6.45, 7) is 5.92. The Hall–Kier alpha value is -3.39. The number of aryl methyl sites for hydroxylation is 1. The number of halogens is 1. The van der Waals surface area contributed by atoms with Gasteiger partial charge >= 0.3 is 6.01 Å². The second-order valence-electron chi connectivity index (χ2n) is 8.49. The van der Waals surface area contributed by atoms with Gasteiger partial charge in [-0.15, -0.1) is 0 Å². The molecular weight excluding hydrogens is 419 g/mol. The molecule has 8 heteroatoms. The van der Waals surface area contributed by atoms with E-state index in [2.05, 4.69) is 51.2 Å². The molecule has 5 rings (SSSR count). The Kier molecular flexibility index (Phi) is 5.76. The average Bonchev–Trinajstić information content (AvgIpc) is 3.39. The first-order valence-electron chi connectivity index (χ1n) is 11.3. The molecule has 170 valence electrons. The van der Waals surface area contributed by atoms with Gasteiger partial charge in [0, 0.05) is 17.8 Å². The number of ether oxygens (including phenoxy) is 1. The normalized spacial score (nSPS) is 16.5. The summed E-state index contributed by atoms with van der Waals surface area (Å²) in [5.74, 6) is 0.191. The summed E-state index contributed by atoms with van der Waals surface area (Å²) in [7, 11) is 2.18. The Morgan fingerprint density at radius 1 is 1.12 bits per heavy atom. The molecule has 0 amide bonds. The fraction of sp³-hybridized carbons (Fsp3) is 0.360. The monoisotopic (exact) mass is 446 g/mol. The smallest absolute Gasteiger partial charge is 0.318 e. The number of imidazole rings is 1. The highest BCUT2D eigenvalue weighted by Crippen LogP contribution is 2.31. The molecule has 0 saturated carbocycles. The van der Waals surface area contributed by atoms with Crippen LogP contribution in [0.2, 0.25) is 0 Å². The Labute approximate surface area is 192 Å². The van der Waals surface area contributed by atoms with Crippen molar-refractivity contribution in [3.05, 3.63) is 65.4 Å². The Morgan fingerprint density at radius 3 is 2.64 bits per heavy atom. The predicted molar refractivity (Wildman–Crippen MR) is 125 cm³/mol. The number of fused-ring (bicyclic) bond motifs is 1. The molecule has 1 fully saturated rings. The number of hydrogen-bond donors (Lipinski definition) is 0.